The zero-order chi connectivity index (χ0) is 13.0. The van der Waals surface area contributed by atoms with E-state index in [0.717, 1.165) is 19.8 Å². The third kappa shape index (κ3) is 3.55. The molecule has 1 aliphatic heterocycles. The van der Waals surface area contributed by atoms with E-state index >= 15 is 0 Å². The molecule has 0 saturated carbocycles. The molecule has 3 nitrogen and oxygen atoms in total. The van der Waals surface area contributed by atoms with E-state index in [1.54, 1.807) is 0 Å². The molecule has 0 spiro atoms. The number of nitrogens with one attached hydrogen (secondary N) is 1. The van der Waals surface area contributed by atoms with Gasteiger partial charge in [0.2, 0.25) is 0 Å². The molecule has 0 aromatic heterocycles. The molecule has 1 aromatic rings. The largest absolute Gasteiger partial charge is 0.376 e. The van der Waals surface area contributed by atoms with Gasteiger partial charge < -0.3 is 14.8 Å². The fraction of sp³-hybridized carbons (Fsp3) is 0.600. The highest BCUT2D eigenvalue weighted by molar-refractivity contribution is 5.28. The minimum atomic E-state index is 0.113. The Labute approximate surface area is 109 Å². The fourth-order valence-corrected chi connectivity index (χ4v) is 2.05. The molecular formula is C15H23NO2. The number of rotatable bonds is 6. The molecule has 1 fully saturated rings. The van der Waals surface area contributed by atoms with Gasteiger partial charge >= 0.3 is 0 Å². The van der Waals surface area contributed by atoms with Crippen LogP contribution >= 0.6 is 0 Å². The van der Waals surface area contributed by atoms with E-state index < -0.39 is 0 Å². The van der Waals surface area contributed by atoms with Crippen molar-refractivity contribution in [3.8, 4) is 0 Å². The van der Waals surface area contributed by atoms with Crippen molar-refractivity contribution in [3.63, 3.8) is 0 Å². The van der Waals surface area contributed by atoms with E-state index in [4.69, 9.17) is 9.47 Å². The first kappa shape index (κ1) is 13.5. The smallest absolute Gasteiger partial charge is 0.105 e. The van der Waals surface area contributed by atoms with Gasteiger partial charge in [0.15, 0.2) is 0 Å². The van der Waals surface area contributed by atoms with Gasteiger partial charge in [-0.3, -0.25) is 0 Å². The Morgan fingerprint density at radius 2 is 2.06 bits per heavy atom. The first-order valence-electron chi connectivity index (χ1n) is 6.69. The van der Waals surface area contributed by atoms with Crippen LogP contribution in [0.15, 0.2) is 24.3 Å². The second-order valence-corrected chi connectivity index (χ2v) is 5.20. The Morgan fingerprint density at radius 1 is 1.33 bits per heavy atom. The highest BCUT2D eigenvalue weighted by Gasteiger charge is 2.25. The molecule has 2 rings (SSSR count). The first-order chi connectivity index (χ1) is 8.66. The van der Waals surface area contributed by atoms with Crippen molar-refractivity contribution in [2.45, 2.75) is 39.0 Å². The van der Waals surface area contributed by atoms with E-state index in [-0.39, 0.29) is 12.2 Å². The Balaban J connectivity index is 2.04. The molecule has 1 aliphatic rings. The van der Waals surface area contributed by atoms with Gasteiger partial charge in [0.25, 0.3) is 0 Å². The summed E-state index contributed by atoms with van der Waals surface area (Å²) < 4.78 is 11.3. The third-order valence-corrected chi connectivity index (χ3v) is 3.21. The van der Waals surface area contributed by atoms with Crippen LogP contribution in [0.1, 0.15) is 31.1 Å². The van der Waals surface area contributed by atoms with Gasteiger partial charge in [-0.1, -0.05) is 38.1 Å². The summed E-state index contributed by atoms with van der Waals surface area (Å²) in [5, 5.41) is 3.46. The van der Waals surface area contributed by atoms with E-state index in [9.17, 15) is 0 Å². The maximum Gasteiger partial charge on any atom is 0.105 e. The van der Waals surface area contributed by atoms with Gasteiger partial charge in [-0.15, -0.1) is 0 Å². The average Bonchev–Trinajstić information content (AvgIpc) is 2.28. The topological polar surface area (TPSA) is 30.5 Å². The highest BCUT2D eigenvalue weighted by atomic mass is 16.6. The van der Waals surface area contributed by atoms with Crippen molar-refractivity contribution < 1.29 is 9.47 Å². The summed E-state index contributed by atoms with van der Waals surface area (Å²) in [5.74, 6) is 0. The van der Waals surface area contributed by atoms with Crippen molar-refractivity contribution in [2.24, 2.45) is 0 Å². The maximum absolute atomic E-state index is 6.12. The molecule has 1 aromatic carbocycles. The van der Waals surface area contributed by atoms with Crippen LogP contribution in [0.4, 0.5) is 0 Å². The lowest BCUT2D eigenvalue weighted by Crippen LogP contribution is -2.40. The lowest BCUT2D eigenvalue weighted by atomic mass is 10.0. The maximum atomic E-state index is 6.12. The zero-order valence-corrected chi connectivity index (χ0v) is 11.5. The number of hydrogen-bond donors (Lipinski definition) is 1. The SMILES string of the molecule is Cc1ccccc1C(CNC(C)C)OC1COC1. The van der Waals surface area contributed by atoms with Gasteiger partial charge in [-0.2, -0.15) is 0 Å². The molecule has 1 saturated heterocycles. The summed E-state index contributed by atoms with van der Waals surface area (Å²) in [6, 6.07) is 8.90. The normalized spacial score (nSPS) is 17.8. The minimum Gasteiger partial charge on any atom is -0.376 e. The Morgan fingerprint density at radius 3 is 2.61 bits per heavy atom. The number of aryl methyl sites for hydroxylation is 1. The lowest BCUT2D eigenvalue weighted by molar-refractivity contribution is -0.155. The molecule has 18 heavy (non-hydrogen) atoms. The van der Waals surface area contributed by atoms with Crippen molar-refractivity contribution in [2.75, 3.05) is 19.8 Å². The molecule has 1 unspecified atom stereocenters. The fourth-order valence-electron chi connectivity index (χ4n) is 2.05. The number of benzene rings is 1. The van der Waals surface area contributed by atoms with E-state index in [0.29, 0.717) is 6.04 Å². The highest BCUT2D eigenvalue weighted by Crippen LogP contribution is 2.24. The van der Waals surface area contributed by atoms with Crippen LogP contribution in [0, 0.1) is 6.92 Å². The summed E-state index contributed by atoms with van der Waals surface area (Å²) >= 11 is 0. The molecule has 3 heteroatoms. The lowest BCUT2D eigenvalue weighted by Gasteiger charge is -2.32. The van der Waals surface area contributed by atoms with Crippen molar-refractivity contribution in [1.82, 2.24) is 5.32 Å². The Kier molecular flexibility index (Phi) is 4.75. The van der Waals surface area contributed by atoms with E-state index in [2.05, 4.69) is 50.4 Å². The predicted molar refractivity (Wildman–Crippen MR) is 72.8 cm³/mol. The van der Waals surface area contributed by atoms with Gasteiger partial charge in [0.05, 0.1) is 19.3 Å². The van der Waals surface area contributed by atoms with Gasteiger partial charge in [0, 0.05) is 12.6 Å². The van der Waals surface area contributed by atoms with Crippen LogP contribution in [0.3, 0.4) is 0 Å². The summed E-state index contributed by atoms with van der Waals surface area (Å²) in [6.07, 6.45) is 0.367. The minimum absolute atomic E-state index is 0.113. The summed E-state index contributed by atoms with van der Waals surface area (Å²) in [5.41, 5.74) is 2.56. The van der Waals surface area contributed by atoms with Crippen LogP contribution in [-0.4, -0.2) is 31.9 Å². The first-order valence-corrected chi connectivity index (χ1v) is 6.69. The molecule has 1 heterocycles. The molecule has 0 amide bonds. The van der Waals surface area contributed by atoms with Crippen LogP contribution in [-0.2, 0) is 9.47 Å². The summed E-state index contributed by atoms with van der Waals surface area (Å²) in [4.78, 5) is 0. The van der Waals surface area contributed by atoms with Crippen LogP contribution in [0.5, 0.6) is 0 Å². The average molecular weight is 249 g/mol. The standard InChI is InChI=1S/C15H23NO2/c1-11(2)16-8-15(18-13-9-17-10-13)14-7-5-4-6-12(14)3/h4-7,11,13,15-16H,8-10H2,1-3H3. The van der Waals surface area contributed by atoms with Gasteiger partial charge in [0.1, 0.15) is 6.10 Å². The predicted octanol–water partition coefficient (Wildman–Crippen LogP) is 2.45. The van der Waals surface area contributed by atoms with E-state index in [1.165, 1.54) is 11.1 Å². The molecule has 100 valence electrons. The summed E-state index contributed by atoms with van der Waals surface area (Å²) in [7, 11) is 0. The van der Waals surface area contributed by atoms with Crippen molar-refractivity contribution >= 4 is 0 Å². The van der Waals surface area contributed by atoms with Crippen molar-refractivity contribution in [1.29, 1.82) is 0 Å². The number of ether oxygens (including phenoxy) is 2. The van der Waals surface area contributed by atoms with Crippen LogP contribution in [0.25, 0.3) is 0 Å². The molecule has 0 aliphatic carbocycles. The number of hydrogen-bond acceptors (Lipinski definition) is 3. The van der Waals surface area contributed by atoms with Crippen LogP contribution < -0.4 is 5.32 Å². The van der Waals surface area contributed by atoms with Crippen molar-refractivity contribution in [3.05, 3.63) is 35.4 Å². The molecule has 0 bridgehead atoms. The summed E-state index contributed by atoms with van der Waals surface area (Å²) in [6.45, 7) is 8.74. The molecule has 1 atom stereocenters. The second kappa shape index (κ2) is 6.32. The third-order valence-electron chi connectivity index (χ3n) is 3.21. The Hall–Kier alpha value is -0.900. The van der Waals surface area contributed by atoms with E-state index in [1.807, 2.05) is 0 Å². The second-order valence-electron chi connectivity index (χ2n) is 5.20. The quantitative estimate of drug-likeness (QED) is 0.840. The molecule has 0 radical (unpaired) electrons. The molecular weight excluding hydrogens is 226 g/mol. The zero-order valence-electron chi connectivity index (χ0n) is 11.5. The van der Waals surface area contributed by atoms with Crippen LogP contribution in [0.2, 0.25) is 0 Å². The van der Waals surface area contributed by atoms with Gasteiger partial charge in [-0.05, 0) is 18.1 Å². The molecule has 1 N–H and O–H groups in total. The monoisotopic (exact) mass is 249 g/mol. The van der Waals surface area contributed by atoms with Gasteiger partial charge in [-0.25, -0.2) is 0 Å². The Bertz CT molecular complexity index is 375.